The smallest absolute Gasteiger partial charge is 0.191 e. The molecule has 2 atom stereocenters. The quantitative estimate of drug-likeness (QED) is 0.258. The summed E-state index contributed by atoms with van der Waals surface area (Å²) < 4.78 is 6.31. The standard InChI is InChI=1S/C24H41NOSi/c1-20-22(14-11-17-26-27(6,7)24(2,3)4)18-23(20)15-16-25(5)19-21-12-9-8-10-13-21/h8-10,12-13,22-23H,1,11,14-19H2,2-7H3/t22-,23-/m1/s1. The molecule has 1 saturated carbocycles. The lowest BCUT2D eigenvalue weighted by Crippen LogP contribution is -2.41. The summed E-state index contributed by atoms with van der Waals surface area (Å²) in [6, 6.07) is 10.7. The Morgan fingerprint density at radius 2 is 1.74 bits per heavy atom. The molecular weight excluding hydrogens is 346 g/mol. The van der Waals surface area contributed by atoms with Gasteiger partial charge in [-0.3, -0.25) is 0 Å². The van der Waals surface area contributed by atoms with Crippen molar-refractivity contribution in [2.45, 2.75) is 71.1 Å². The van der Waals surface area contributed by atoms with E-state index in [1.54, 1.807) is 0 Å². The first-order chi connectivity index (χ1) is 12.6. The largest absolute Gasteiger partial charge is 0.417 e. The molecular formula is C24H41NOSi. The molecule has 0 N–H and O–H groups in total. The topological polar surface area (TPSA) is 12.5 Å². The van der Waals surface area contributed by atoms with Crippen LogP contribution in [0.15, 0.2) is 42.5 Å². The van der Waals surface area contributed by atoms with Crippen molar-refractivity contribution < 1.29 is 4.43 Å². The number of allylic oxidation sites excluding steroid dienone is 1. The maximum Gasteiger partial charge on any atom is 0.191 e. The van der Waals surface area contributed by atoms with E-state index in [4.69, 9.17) is 4.43 Å². The molecule has 0 unspecified atom stereocenters. The van der Waals surface area contributed by atoms with Crippen molar-refractivity contribution in [1.82, 2.24) is 4.90 Å². The first-order valence-electron chi connectivity index (χ1n) is 10.7. The predicted octanol–water partition coefficient (Wildman–Crippen LogP) is 6.50. The van der Waals surface area contributed by atoms with E-state index in [0.717, 1.165) is 31.5 Å². The van der Waals surface area contributed by atoms with Crippen molar-refractivity contribution in [3.63, 3.8) is 0 Å². The van der Waals surface area contributed by atoms with Crippen molar-refractivity contribution in [2.24, 2.45) is 11.8 Å². The van der Waals surface area contributed by atoms with Crippen LogP contribution in [0.4, 0.5) is 0 Å². The lowest BCUT2D eigenvalue weighted by Gasteiger charge is -2.40. The van der Waals surface area contributed by atoms with E-state index in [1.165, 1.54) is 36.8 Å². The second-order valence-electron chi connectivity index (χ2n) is 9.97. The monoisotopic (exact) mass is 387 g/mol. The highest BCUT2D eigenvalue weighted by atomic mass is 28.4. The third-order valence-electron chi connectivity index (χ3n) is 6.74. The Labute approximate surface area is 169 Å². The van der Waals surface area contributed by atoms with Gasteiger partial charge in [-0.05, 0) is 74.8 Å². The fourth-order valence-corrected chi connectivity index (χ4v) is 4.74. The fourth-order valence-electron chi connectivity index (χ4n) is 3.65. The zero-order valence-corrected chi connectivity index (χ0v) is 19.6. The van der Waals surface area contributed by atoms with E-state index < -0.39 is 8.32 Å². The van der Waals surface area contributed by atoms with Crippen LogP contribution in [0.5, 0.6) is 0 Å². The van der Waals surface area contributed by atoms with Crippen LogP contribution in [0.25, 0.3) is 0 Å². The van der Waals surface area contributed by atoms with Crippen LogP contribution in [0.3, 0.4) is 0 Å². The summed E-state index contributed by atoms with van der Waals surface area (Å²) in [4.78, 5) is 2.43. The van der Waals surface area contributed by atoms with Crippen LogP contribution in [0.1, 0.15) is 52.0 Å². The molecule has 1 aliphatic rings. The van der Waals surface area contributed by atoms with Gasteiger partial charge in [-0.2, -0.15) is 0 Å². The van der Waals surface area contributed by atoms with Gasteiger partial charge in [-0.25, -0.2) is 0 Å². The summed E-state index contributed by atoms with van der Waals surface area (Å²) in [6.45, 7) is 19.1. The summed E-state index contributed by atoms with van der Waals surface area (Å²) in [5, 5.41) is 0.309. The molecule has 0 radical (unpaired) electrons. The average Bonchev–Trinajstić information content (AvgIpc) is 2.59. The molecule has 1 aromatic rings. The molecule has 2 rings (SSSR count). The van der Waals surface area contributed by atoms with Crippen molar-refractivity contribution in [1.29, 1.82) is 0 Å². The summed E-state index contributed by atoms with van der Waals surface area (Å²) in [7, 11) is 0.641. The van der Waals surface area contributed by atoms with Crippen LogP contribution in [0.2, 0.25) is 18.1 Å². The average molecular weight is 388 g/mol. The minimum atomic E-state index is -1.59. The van der Waals surface area contributed by atoms with Crippen molar-refractivity contribution in [3.8, 4) is 0 Å². The Morgan fingerprint density at radius 3 is 2.33 bits per heavy atom. The van der Waals surface area contributed by atoms with Crippen molar-refractivity contribution in [2.75, 3.05) is 20.2 Å². The Hall–Kier alpha value is -0.903. The van der Waals surface area contributed by atoms with Gasteiger partial charge in [0.25, 0.3) is 0 Å². The molecule has 1 aliphatic carbocycles. The molecule has 0 aromatic heterocycles. The molecule has 0 heterocycles. The van der Waals surface area contributed by atoms with Gasteiger partial charge in [-0.1, -0.05) is 63.3 Å². The summed E-state index contributed by atoms with van der Waals surface area (Å²) >= 11 is 0. The van der Waals surface area contributed by atoms with Gasteiger partial charge < -0.3 is 9.33 Å². The van der Waals surface area contributed by atoms with E-state index in [9.17, 15) is 0 Å². The SMILES string of the molecule is C=C1[C@H](CCCO[Si](C)(C)C(C)(C)C)C[C@H]1CCN(C)Cc1ccccc1. The molecule has 152 valence electrons. The van der Waals surface area contributed by atoms with Gasteiger partial charge in [0.15, 0.2) is 8.32 Å². The van der Waals surface area contributed by atoms with Crippen LogP contribution in [0, 0.1) is 11.8 Å². The maximum absolute atomic E-state index is 6.31. The molecule has 1 fully saturated rings. The molecule has 0 spiro atoms. The number of hydrogen-bond acceptors (Lipinski definition) is 2. The third-order valence-corrected chi connectivity index (χ3v) is 11.3. The molecule has 0 bridgehead atoms. The minimum Gasteiger partial charge on any atom is -0.417 e. The van der Waals surface area contributed by atoms with Crippen LogP contribution in [-0.4, -0.2) is 33.4 Å². The van der Waals surface area contributed by atoms with Crippen LogP contribution < -0.4 is 0 Å². The third kappa shape index (κ3) is 6.58. The number of nitrogens with zero attached hydrogens (tertiary/aromatic N) is 1. The van der Waals surface area contributed by atoms with Gasteiger partial charge in [0.05, 0.1) is 0 Å². The minimum absolute atomic E-state index is 0.309. The molecule has 0 amide bonds. The van der Waals surface area contributed by atoms with E-state index in [2.05, 4.69) is 82.7 Å². The van der Waals surface area contributed by atoms with E-state index in [1.807, 2.05) is 0 Å². The molecule has 1 aromatic carbocycles. The zero-order chi connectivity index (χ0) is 20.1. The van der Waals surface area contributed by atoms with Crippen molar-refractivity contribution >= 4 is 8.32 Å². The van der Waals surface area contributed by atoms with Gasteiger partial charge in [0, 0.05) is 13.2 Å². The highest BCUT2D eigenvalue weighted by Gasteiger charge is 2.37. The van der Waals surface area contributed by atoms with Crippen LogP contribution >= 0.6 is 0 Å². The second-order valence-corrected chi connectivity index (χ2v) is 14.8. The lowest BCUT2D eigenvalue weighted by atomic mass is 9.67. The fraction of sp³-hybridized carbons (Fsp3) is 0.667. The molecule has 2 nitrogen and oxygen atoms in total. The Morgan fingerprint density at radius 1 is 1.11 bits per heavy atom. The Balaban J connectivity index is 1.60. The maximum atomic E-state index is 6.31. The molecule has 3 heteroatoms. The zero-order valence-electron chi connectivity index (χ0n) is 18.6. The summed E-state index contributed by atoms with van der Waals surface area (Å²) in [6.07, 6.45) is 5.01. The van der Waals surface area contributed by atoms with Crippen LogP contribution in [-0.2, 0) is 11.0 Å². The second kappa shape index (κ2) is 9.53. The van der Waals surface area contributed by atoms with Gasteiger partial charge in [-0.15, -0.1) is 0 Å². The summed E-state index contributed by atoms with van der Waals surface area (Å²) in [5.41, 5.74) is 2.89. The lowest BCUT2D eigenvalue weighted by molar-refractivity contribution is 0.217. The van der Waals surface area contributed by atoms with Gasteiger partial charge in [0.1, 0.15) is 0 Å². The van der Waals surface area contributed by atoms with Gasteiger partial charge >= 0.3 is 0 Å². The molecule has 0 saturated heterocycles. The summed E-state index contributed by atoms with van der Waals surface area (Å²) in [5.74, 6) is 1.46. The van der Waals surface area contributed by atoms with E-state index in [-0.39, 0.29) is 0 Å². The first-order valence-corrected chi connectivity index (χ1v) is 13.6. The van der Waals surface area contributed by atoms with Gasteiger partial charge in [0.2, 0.25) is 0 Å². The molecule has 0 aliphatic heterocycles. The van der Waals surface area contributed by atoms with E-state index >= 15 is 0 Å². The molecule has 27 heavy (non-hydrogen) atoms. The highest BCUT2D eigenvalue weighted by Crippen LogP contribution is 2.43. The van der Waals surface area contributed by atoms with E-state index in [0.29, 0.717) is 5.04 Å². The number of benzene rings is 1. The Kier molecular flexibility index (Phi) is 7.90. The predicted molar refractivity (Wildman–Crippen MR) is 121 cm³/mol. The number of rotatable bonds is 10. The normalized spacial score (nSPS) is 20.8. The highest BCUT2D eigenvalue weighted by molar-refractivity contribution is 6.74. The first kappa shape index (κ1) is 22.4. The van der Waals surface area contributed by atoms with Crippen molar-refractivity contribution in [3.05, 3.63) is 48.0 Å². The Bertz CT molecular complexity index is 590. The number of hydrogen-bond donors (Lipinski definition) is 0.